The zero-order chi connectivity index (χ0) is 13.9. The van der Waals surface area contributed by atoms with Crippen LogP contribution in [0.15, 0.2) is 29.6 Å². The molecule has 19 heavy (non-hydrogen) atoms. The highest BCUT2D eigenvalue weighted by Gasteiger charge is 2.25. The maximum Gasteiger partial charge on any atom is 0.138 e. The minimum absolute atomic E-state index is 0.560. The molecule has 0 fully saturated rings. The molecule has 2 rings (SSSR count). The molecule has 0 saturated carbocycles. The molecule has 1 aromatic heterocycles. The van der Waals surface area contributed by atoms with Crippen LogP contribution in [-0.4, -0.2) is 22.3 Å². The van der Waals surface area contributed by atoms with E-state index in [2.05, 4.69) is 4.98 Å². The van der Waals surface area contributed by atoms with Crippen molar-refractivity contribution in [1.29, 1.82) is 0 Å². The van der Waals surface area contributed by atoms with E-state index in [0.29, 0.717) is 6.61 Å². The molecule has 1 heterocycles. The van der Waals surface area contributed by atoms with Crippen LogP contribution in [-0.2, 0) is 0 Å². The van der Waals surface area contributed by atoms with Crippen LogP contribution in [0.1, 0.15) is 45.1 Å². The van der Waals surface area contributed by atoms with Crippen LogP contribution in [0.3, 0.4) is 0 Å². The maximum absolute atomic E-state index is 10.2. The van der Waals surface area contributed by atoms with Crippen molar-refractivity contribution in [2.75, 3.05) is 6.61 Å². The summed E-state index contributed by atoms with van der Waals surface area (Å²) in [6.45, 7) is 6.29. The maximum atomic E-state index is 10.2. The van der Waals surface area contributed by atoms with Crippen molar-refractivity contribution >= 4 is 0 Å². The van der Waals surface area contributed by atoms with Gasteiger partial charge >= 0.3 is 0 Å². The third kappa shape index (κ3) is 3.80. The van der Waals surface area contributed by atoms with Gasteiger partial charge in [0.2, 0.25) is 0 Å². The van der Waals surface area contributed by atoms with Gasteiger partial charge in [0.1, 0.15) is 12.4 Å². The molecule has 0 amide bonds. The van der Waals surface area contributed by atoms with E-state index in [9.17, 15) is 5.11 Å². The largest absolute Gasteiger partial charge is 0.488 e. The lowest BCUT2D eigenvalue weighted by atomic mass is 9.83. The van der Waals surface area contributed by atoms with Crippen molar-refractivity contribution in [3.05, 3.63) is 35.2 Å². The molecule has 1 aromatic rings. The second-order valence-electron chi connectivity index (χ2n) is 5.83. The van der Waals surface area contributed by atoms with Gasteiger partial charge in [0.25, 0.3) is 0 Å². The summed E-state index contributed by atoms with van der Waals surface area (Å²) >= 11 is 0. The Morgan fingerprint density at radius 1 is 1.26 bits per heavy atom. The van der Waals surface area contributed by atoms with Crippen molar-refractivity contribution < 1.29 is 9.84 Å². The summed E-state index contributed by atoms with van der Waals surface area (Å²) in [6.07, 6.45) is 7.90. The zero-order valence-corrected chi connectivity index (χ0v) is 12.1. The van der Waals surface area contributed by atoms with Gasteiger partial charge in [-0.3, -0.25) is 4.98 Å². The average Bonchev–Trinajstić information content (AvgIpc) is 2.36. The number of hydrogen-bond acceptors (Lipinski definition) is 3. The molecule has 3 nitrogen and oxygen atoms in total. The monoisotopic (exact) mass is 261 g/mol. The number of hydrogen-bond donors (Lipinski definition) is 1. The predicted molar refractivity (Wildman–Crippen MR) is 76.3 cm³/mol. The molecule has 0 aliphatic heterocycles. The molecule has 1 aliphatic rings. The highest BCUT2D eigenvalue weighted by atomic mass is 16.5. The van der Waals surface area contributed by atoms with Crippen molar-refractivity contribution in [3.63, 3.8) is 0 Å². The number of rotatable bonds is 4. The normalized spacial score (nSPS) is 16.6. The molecule has 0 saturated heterocycles. The van der Waals surface area contributed by atoms with Crippen LogP contribution in [0.4, 0.5) is 0 Å². The topological polar surface area (TPSA) is 42.4 Å². The molecular weight excluding hydrogens is 238 g/mol. The highest BCUT2D eigenvalue weighted by molar-refractivity contribution is 5.27. The second kappa shape index (κ2) is 5.74. The van der Waals surface area contributed by atoms with Crippen LogP contribution in [0.5, 0.6) is 5.75 Å². The Morgan fingerprint density at radius 3 is 2.68 bits per heavy atom. The fraction of sp³-hybridized carbons (Fsp3) is 0.562. The van der Waals surface area contributed by atoms with Crippen molar-refractivity contribution in [3.8, 4) is 5.75 Å². The molecule has 104 valence electrons. The third-order valence-electron chi connectivity index (χ3n) is 3.58. The van der Waals surface area contributed by atoms with E-state index < -0.39 is 5.60 Å². The molecule has 1 N–H and O–H groups in total. The van der Waals surface area contributed by atoms with E-state index in [4.69, 9.17) is 4.74 Å². The van der Waals surface area contributed by atoms with Crippen molar-refractivity contribution in [2.24, 2.45) is 0 Å². The average molecular weight is 261 g/mol. The Labute approximate surface area is 115 Å². The quantitative estimate of drug-likeness (QED) is 0.845. The van der Waals surface area contributed by atoms with Gasteiger partial charge in [-0.15, -0.1) is 0 Å². The zero-order valence-electron chi connectivity index (χ0n) is 12.1. The van der Waals surface area contributed by atoms with Gasteiger partial charge in [0, 0.05) is 6.20 Å². The van der Waals surface area contributed by atoms with E-state index in [1.807, 2.05) is 33.0 Å². The summed E-state index contributed by atoms with van der Waals surface area (Å²) in [5.41, 5.74) is 2.77. The minimum Gasteiger partial charge on any atom is -0.488 e. The Bertz CT molecular complexity index is 472. The van der Waals surface area contributed by atoms with Crippen LogP contribution in [0.2, 0.25) is 0 Å². The Balaban J connectivity index is 2.10. The summed E-state index contributed by atoms with van der Waals surface area (Å²) in [5.74, 6) is 0.799. The van der Waals surface area contributed by atoms with Gasteiger partial charge in [-0.2, -0.15) is 0 Å². The van der Waals surface area contributed by atoms with E-state index in [-0.39, 0.29) is 0 Å². The van der Waals surface area contributed by atoms with Crippen molar-refractivity contribution in [1.82, 2.24) is 4.98 Å². The standard InChI is InChI=1S/C16H23NO2/c1-12-8-14(10-17-9-12)19-11-13-6-4-5-7-15(13)16(2,3)18/h8-10,18H,4-7,11H2,1-3H3. The third-order valence-corrected chi connectivity index (χ3v) is 3.58. The predicted octanol–water partition coefficient (Wildman–Crippen LogP) is 3.41. The molecule has 0 aromatic carbocycles. The van der Waals surface area contributed by atoms with E-state index in [0.717, 1.165) is 36.1 Å². The SMILES string of the molecule is Cc1cncc(OCC2=C(C(C)(C)O)CCCC2)c1. The van der Waals surface area contributed by atoms with Crippen LogP contribution in [0.25, 0.3) is 0 Å². The number of aryl methyl sites for hydroxylation is 1. The lowest BCUT2D eigenvalue weighted by molar-refractivity contribution is 0.111. The van der Waals surface area contributed by atoms with Gasteiger partial charge in [0.15, 0.2) is 0 Å². The molecule has 0 spiro atoms. The molecule has 0 bridgehead atoms. The summed E-state index contributed by atoms with van der Waals surface area (Å²) in [4.78, 5) is 4.13. The first-order chi connectivity index (χ1) is 8.97. The van der Waals surface area contributed by atoms with Crippen LogP contribution < -0.4 is 4.74 Å². The molecule has 0 unspecified atom stereocenters. The molecule has 0 atom stereocenters. The summed E-state index contributed by atoms with van der Waals surface area (Å²) in [5, 5.41) is 10.2. The first-order valence-electron chi connectivity index (χ1n) is 6.95. The smallest absolute Gasteiger partial charge is 0.138 e. The van der Waals surface area contributed by atoms with Gasteiger partial charge < -0.3 is 9.84 Å². The number of ether oxygens (including phenoxy) is 1. The number of aromatic nitrogens is 1. The lowest BCUT2D eigenvalue weighted by Crippen LogP contribution is -2.26. The summed E-state index contributed by atoms with van der Waals surface area (Å²) in [6, 6.07) is 1.99. The Kier molecular flexibility index (Phi) is 4.25. The van der Waals surface area contributed by atoms with Crippen molar-refractivity contribution in [2.45, 2.75) is 52.1 Å². The van der Waals surface area contributed by atoms with Gasteiger partial charge in [0.05, 0.1) is 11.8 Å². The summed E-state index contributed by atoms with van der Waals surface area (Å²) < 4.78 is 5.82. The Morgan fingerprint density at radius 2 is 2.00 bits per heavy atom. The second-order valence-corrected chi connectivity index (χ2v) is 5.83. The number of nitrogens with zero attached hydrogens (tertiary/aromatic N) is 1. The van der Waals surface area contributed by atoms with E-state index >= 15 is 0 Å². The van der Waals surface area contributed by atoms with Gasteiger partial charge in [-0.1, -0.05) is 0 Å². The minimum atomic E-state index is -0.732. The van der Waals surface area contributed by atoms with E-state index in [1.165, 1.54) is 12.0 Å². The number of aliphatic hydroxyl groups is 1. The molecule has 1 aliphatic carbocycles. The fourth-order valence-corrected chi connectivity index (χ4v) is 2.64. The molecule has 3 heteroatoms. The molecular formula is C16H23NO2. The van der Waals surface area contributed by atoms with E-state index in [1.54, 1.807) is 6.20 Å². The molecule has 0 radical (unpaired) electrons. The highest BCUT2D eigenvalue weighted by Crippen LogP contribution is 2.32. The van der Waals surface area contributed by atoms with Gasteiger partial charge in [-0.05, 0) is 69.2 Å². The summed E-state index contributed by atoms with van der Waals surface area (Å²) in [7, 11) is 0. The number of pyridine rings is 1. The first kappa shape index (κ1) is 14.1. The first-order valence-corrected chi connectivity index (χ1v) is 6.95. The van der Waals surface area contributed by atoms with Crippen LogP contribution >= 0.6 is 0 Å². The Hall–Kier alpha value is -1.35. The fourth-order valence-electron chi connectivity index (χ4n) is 2.64. The van der Waals surface area contributed by atoms with Gasteiger partial charge in [-0.25, -0.2) is 0 Å². The lowest BCUT2D eigenvalue weighted by Gasteiger charge is -2.29. The van der Waals surface area contributed by atoms with Crippen LogP contribution in [0, 0.1) is 6.92 Å².